The summed E-state index contributed by atoms with van der Waals surface area (Å²) in [6.07, 6.45) is 2.38. The third-order valence-electron chi connectivity index (χ3n) is 3.19. The average molecular weight is 353 g/mol. The van der Waals surface area contributed by atoms with Gasteiger partial charge in [-0.15, -0.1) is 0 Å². The lowest BCUT2D eigenvalue weighted by Crippen LogP contribution is -2.39. The van der Waals surface area contributed by atoms with E-state index in [1.807, 2.05) is 25.1 Å². The van der Waals surface area contributed by atoms with Gasteiger partial charge in [0.25, 0.3) is 5.56 Å². The first-order valence-electron chi connectivity index (χ1n) is 6.69. The van der Waals surface area contributed by atoms with E-state index in [-0.39, 0.29) is 17.8 Å². The van der Waals surface area contributed by atoms with Gasteiger partial charge in [-0.25, -0.2) is 4.79 Å². The number of aromatic nitrogens is 2. The van der Waals surface area contributed by atoms with Gasteiger partial charge >= 0.3 is 5.69 Å². The number of benzene rings is 1. The van der Waals surface area contributed by atoms with Gasteiger partial charge in [0, 0.05) is 23.3 Å². The van der Waals surface area contributed by atoms with Gasteiger partial charge in [0.15, 0.2) is 0 Å². The van der Waals surface area contributed by atoms with Gasteiger partial charge in [-0.05, 0) is 30.2 Å². The van der Waals surface area contributed by atoms with Crippen molar-refractivity contribution in [1.29, 1.82) is 0 Å². The molecule has 5 nitrogen and oxygen atoms in total. The molecule has 2 rings (SSSR count). The largest absolute Gasteiger partial charge is 0.497 e. The van der Waals surface area contributed by atoms with Gasteiger partial charge in [0.1, 0.15) is 5.75 Å². The molecule has 1 aromatic heterocycles. The fourth-order valence-electron chi connectivity index (χ4n) is 2.08. The van der Waals surface area contributed by atoms with Crippen molar-refractivity contribution in [2.24, 2.45) is 0 Å². The Bertz CT molecular complexity index is 749. The van der Waals surface area contributed by atoms with Crippen LogP contribution in [0.2, 0.25) is 0 Å². The first-order chi connectivity index (χ1) is 10.1. The molecule has 0 amide bonds. The van der Waals surface area contributed by atoms with Gasteiger partial charge in [-0.2, -0.15) is 0 Å². The molecule has 0 aliphatic carbocycles. The fraction of sp³-hybridized carbons (Fsp3) is 0.333. The molecule has 1 heterocycles. The normalized spacial score (nSPS) is 10.6. The highest BCUT2D eigenvalue weighted by Gasteiger charge is 2.09. The summed E-state index contributed by atoms with van der Waals surface area (Å²) in [4.78, 5) is 24.3. The van der Waals surface area contributed by atoms with Crippen LogP contribution in [-0.4, -0.2) is 16.2 Å². The number of nitrogens with zero attached hydrogens (tertiary/aromatic N) is 2. The maximum absolute atomic E-state index is 12.3. The lowest BCUT2D eigenvalue weighted by atomic mass is 10.2. The van der Waals surface area contributed by atoms with Crippen LogP contribution in [0.3, 0.4) is 0 Å². The maximum atomic E-state index is 12.3. The van der Waals surface area contributed by atoms with Crippen molar-refractivity contribution in [2.75, 3.05) is 7.11 Å². The molecule has 0 unspecified atom stereocenters. The lowest BCUT2D eigenvalue weighted by Gasteiger charge is -2.11. The molecule has 0 bridgehead atoms. The first kappa shape index (κ1) is 15.6. The summed E-state index contributed by atoms with van der Waals surface area (Å²) >= 11 is 3.44. The summed E-state index contributed by atoms with van der Waals surface area (Å²) in [7, 11) is 1.58. The third kappa shape index (κ3) is 3.44. The zero-order valence-corrected chi connectivity index (χ0v) is 13.6. The van der Waals surface area contributed by atoms with E-state index in [0.29, 0.717) is 12.3 Å². The van der Waals surface area contributed by atoms with Crippen LogP contribution in [0.25, 0.3) is 0 Å². The Hall–Kier alpha value is -1.82. The molecule has 0 N–H and O–H groups in total. The summed E-state index contributed by atoms with van der Waals surface area (Å²) in [5.74, 6) is 0.686. The number of aryl methyl sites for hydroxylation is 1. The fourth-order valence-corrected chi connectivity index (χ4v) is 2.46. The van der Waals surface area contributed by atoms with Crippen molar-refractivity contribution in [3.8, 4) is 5.75 Å². The zero-order valence-electron chi connectivity index (χ0n) is 12.0. The molecule has 6 heteroatoms. The van der Waals surface area contributed by atoms with Gasteiger partial charge in [-0.1, -0.05) is 22.9 Å². The first-order valence-corrected chi connectivity index (χ1v) is 7.48. The molecule has 0 radical (unpaired) electrons. The lowest BCUT2D eigenvalue weighted by molar-refractivity contribution is 0.414. The van der Waals surface area contributed by atoms with Gasteiger partial charge < -0.3 is 9.30 Å². The quantitative estimate of drug-likeness (QED) is 0.829. The Kier molecular flexibility index (Phi) is 5.01. The minimum absolute atomic E-state index is 0.208. The molecule has 2 aromatic rings. The van der Waals surface area contributed by atoms with E-state index in [0.717, 1.165) is 16.5 Å². The van der Waals surface area contributed by atoms with Crippen molar-refractivity contribution in [2.45, 2.75) is 26.4 Å². The molecule has 0 atom stereocenters. The van der Waals surface area contributed by atoms with Crippen molar-refractivity contribution in [1.82, 2.24) is 9.13 Å². The van der Waals surface area contributed by atoms with E-state index >= 15 is 0 Å². The van der Waals surface area contributed by atoms with Crippen molar-refractivity contribution < 1.29 is 4.74 Å². The molecule has 112 valence electrons. The molecule has 0 aliphatic rings. The second-order valence-corrected chi connectivity index (χ2v) is 5.53. The predicted molar refractivity (Wildman–Crippen MR) is 85.0 cm³/mol. The molecule has 0 saturated heterocycles. The van der Waals surface area contributed by atoms with Crippen molar-refractivity contribution >= 4 is 15.9 Å². The molecule has 0 aliphatic heterocycles. The van der Waals surface area contributed by atoms with Crippen molar-refractivity contribution in [3.63, 3.8) is 0 Å². The Morgan fingerprint density at radius 1 is 1.24 bits per heavy atom. The second-order valence-electron chi connectivity index (χ2n) is 4.67. The highest BCUT2D eigenvalue weighted by Crippen LogP contribution is 2.22. The summed E-state index contributed by atoms with van der Waals surface area (Å²) < 4.78 is 8.79. The molecule has 0 saturated carbocycles. The molecule has 21 heavy (non-hydrogen) atoms. The van der Waals surface area contributed by atoms with E-state index in [2.05, 4.69) is 15.9 Å². The van der Waals surface area contributed by atoms with Gasteiger partial charge in [0.2, 0.25) is 0 Å². The van der Waals surface area contributed by atoms with E-state index < -0.39 is 0 Å². The minimum atomic E-state index is -0.304. The Morgan fingerprint density at radius 2 is 2.00 bits per heavy atom. The topological polar surface area (TPSA) is 53.2 Å². The van der Waals surface area contributed by atoms with Crippen LogP contribution in [0.5, 0.6) is 5.75 Å². The highest BCUT2D eigenvalue weighted by atomic mass is 79.9. The number of methoxy groups -OCH3 is 1. The van der Waals surface area contributed by atoms with Crippen LogP contribution in [0, 0.1) is 0 Å². The summed E-state index contributed by atoms with van der Waals surface area (Å²) in [5.41, 5.74) is 0.226. The van der Waals surface area contributed by atoms with Crippen LogP contribution < -0.4 is 16.0 Å². The minimum Gasteiger partial charge on any atom is -0.497 e. The Balaban J connectivity index is 2.46. The van der Waals surface area contributed by atoms with Crippen molar-refractivity contribution in [3.05, 3.63) is 61.3 Å². The Labute approximate surface area is 130 Å². The van der Waals surface area contributed by atoms with Gasteiger partial charge in [-0.3, -0.25) is 9.36 Å². The molecular formula is C15H17BrN2O3. The van der Waals surface area contributed by atoms with Crippen LogP contribution in [0.4, 0.5) is 0 Å². The van der Waals surface area contributed by atoms with E-state index in [4.69, 9.17) is 4.74 Å². The van der Waals surface area contributed by atoms with E-state index in [1.54, 1.807) is 17.9 Å². The smallest absolute Gasteiger partial charge is 0.331 e. The van der Waals surface area contributed by atoms with Gasteiger partial charge in [0.05, 0.1) is 13.7 Å². The molecule has 1 aromatic carbocycles. The van der Waals surface area contributed by atoms with Crippen LogP contribution in [0.15, 0.2) is 44.5 Å². The van der Waals surface area contributed by atoms with Crippen LogP contribution >= 0.6 is 15.9 Å². The SMILES string of the molecule is CCCn1ccc(=O)n(Cc2cc(OC)ccc2Br)c1=O. The number of rotatable bonds is 5. The van der Waals surface area contributed by atoms with Crippen LogP contribution in [0.1, 0.15) is 18.9 Å². The second kappa shape index (κ2) is 6.76. The average Bonchev–Trinajstić information content (AvgIpc) is 2.48. The summed E-state index contributed by atoms with van der Waals surface area (Å²) in [5, 5.41) is 0. The zero-order chi connectivity index (χ0) is 15.4. The highest BCUT2D eigenvalue weighted by molar-refractivity contribution is 9.10. The summed E-state index contributed by atoms with van der Waals surface area (Å²) in [6, 6.07) is 6.89. The number of hydrogen-bond donors (Lipinski definition) is 0. The molecule has 0 spiro atoms. The number of ether oxygens (including phenoxy) is 1. The van der Waals surface area contributed by atoms with E-state index in [9.17, 15) is 9.59 Å². The standard InChI is InChI=1S/C15H17BrN2O3/c1-3-7-17-8-6-14(19)18(15(17)20)10-11-9-12(21-2)4-5-13(11)16/h4-6,8-9H,3,7,10H2,1-2H3. The van der Waals surface area contributed by atoms with E-state index in [1.165, 1.54) is 10.6 Å². The van der Waals surface area contributed by atoms with Crippen LogP contribution in [-0.2, 0) is 13.1 Å². The Morgan fingerprint density at radius 3 is 2.67 bits per heavy atom. The number of halogens is 1. The molecular weight excluding hydrogens is 336 g/mol. The predicted octanol–water partition coefficient (Wildman–Crippen LogP) is 2.24. The monoisotopic (exact) mass is 352 g/mol. The third-order valence-corrected chi connectivity index (χ3v) is 3.96. The maximum Gasteiger partial charge on any atom is 0.331 e. The molecule has 0 fully saturated rings. The number of hydrogen-bond acceptors (Lipinski definition) is 3. The summed E-state index contributed by atoms with van der Waals surface area (Å²) in [6.45, 7) is 2.79.